The van der Waals surface area contributed by atoms with Crippen molar-refractivity contribution in [2.75, 3.05) is 14.2 Å². The predicted octanol–water partition coefficient (Wildman–Crippen LogP) is 5.79. The molecule has 3 aromatic rings. The highest BCUT2D eigenvalue weighted by Gasteiger charge is 2.10. The van der Waals surface area contributed by atoms with Crippen LogP contribution >= 0.6 is 15.9 Å². The minimum atomic E-state index is 0.471. The molecule has 0 saturated carbocycles. The standard InChI is InChI=1S/C21H16BrNO3/c1-24-20-9-7-14(12-21(20)25-2)15(13-23)11-16-8-10-19(26-16)17-5-3-4-6-18(17)22/h3-12H,1-2H3. The molecule has 0 spiro atoms. The molecule has 5 heteroatoms. The molecule has 0 atom stereocenters. The van der Waals surface area contributed by atoms with Gasteiger partial charge < -0.3 is 13.9 Å². The zero-order valence-electron chi connectivity index (χ0n) is 14.3. The molecule has 1 aromatic heterocycles. The largest absolute Gasteiger partial charge is 0.493 e. The number of benzene rings is 2. The first-order chi connectivity index (χ1) is 12.7. The summed E-state index contributed by atoms with van der Waals surface area (Å²) < 4.78 is 17.4. The summed E-state index contributed by atoms with van der Waals surface area (Å²) in [5.41, 5.74) is 2.15. The van der Waals surface area contributed by atoms with E-state index in [0.29, 0.717) is 22.8 Å². The fourth-order valence-electron chi connectivity index (χ4n) is 2.56. The Labute approximate surface area is 160 Å². The number of halogens is 1. The van der Waals surface area contributed by atoms with E-state index in [9.17, 15) is 5.26 Å². The minimum Gasteiger partial charge on any atom is -0.493 e. The van der Waals surface area contributed by atoms with Gasteiger partial charge in [0.2, 0.25) is 0 Å². The van der Waals surface area contributed by atoms with Gasteiger partial charge >= 0.3 is 0 Å². The lowest BCUT2D eigenvalue weighted by molar-refractivity contribution is 0.355. The summed E-state index contributed by atoms with van der Waals surface area (Å²) in [4.78, 5) is 0. The summed E-state index contributed by atoms with van der Waals surface area (Å²) in [5.74, 6) is 2.51. The lowest BCUT2D eigenvalue weighted by atomic mass is 10.1. The van der Waals surface area contributed by atoms with Crippen LogP contribution in [0.4, 0.5) is 0 Å². The number of allylic oxidation sites excluding steroid dienone is 1. The van der Waals surface area contributed by atoms with Crippen LogP contribution in [0.5, 0.6) is 11.5 Å². The maximum atomic E-state index is 9.56. The Bertz CT molecular complexity index is 998. The van der Waals surface area contributed by atoms with E-state index in [-0.39, 0.29) is 0 Å². The van der Waals surface area contributed by atoms with Crippen molar-refractivity contribution in [3.05, 3.63) is 70.4 Å². The van der Waals surface area contributed by atoms with Crippen LogP contribution in [0, 0.1) is 11.3 Å². The Morgan fingerprint density at radius 3 is 2.50 bits per heavy atom. The van der Waals surface area contributed by atoms with Crippen molar-refractivity contribution in [2.24, 2.45) is 0 Å². The Morgan fingerprint density at radius 1 is 1.04 bits per heavy atom. The number of rotatable bonds is 5. The number of hydrogen-bond donors (Lipinski definition) is 0. The molecule has 0 aliphatic heterocycles. The summed E-state index contributed by atoms with van der Waals surface area (Å²) in [6.07, 6.45) is 1.71. The number of nitriles is 1. The number of nitrogens with zero attached hydrogens (tertiary/aromatic N) is 1. The first-order valence-corrected chi connectivity index (χ1v) is 8.64. The van der Waals surface area contributed by atoms with E-state index in [1.54, 1.807) is 32.4 Å². The molecule has 26 heavy (non-hydrogen) atoms. The molecular formula is C21H16BrNO3. The third-order valence-corrected chi connectivity index (χ3v) is 4.56. The van der Waals surface area contributed by atoms with Crippen LogP contribution in [0.25, 0.3) is 23.0 Å². The van der Waals surface area contributed by atoms with E-state index in [4.69, 9.17) is 13.9 Å². The topological polar surface area (TPSA) is 55.4 Å². The van der Waals surface area contributed by atoms with Gasteiger partial charge in [-0.25, -0.2) is 0 Å². The molecule has 0 radical (unpaired) electrons. The van der Waals surface area contributed by atoms with Gasteiger partial charge in [0.05, 0.1) is 25.9 Å². The molecule has 0 bridgehead atoms. The van der Waals surface area contributed by atoms with Crippen LogP contribution in [0.2, 0.25) is 0 Å². The number of methoxy groups -OCH3 is 2. The highest BCUT2D eigenvalue weighted by molar-refractivity contribution is 9.10. The molecule has 0 N–H and O–H groups in total. The Kier molecular flexibility index (Phi) is 5.45. The predicted molar refractivity (Wildman–Crippen MR) is 105 cm³/mol. The number of hydrogen-bond acceptors (Lipinski definition) is 4. The molecule has 0 unspecified atom stereocenters. The second-order valence-corrected chi connectivity index (χ2v) is 6.28. The maximum Gasteiger partial charge on any atom is 0.161 e. The summed E-state index contributed by atoms with van der Waals surface area (Å²) in [7, 11) is 3.14. The van der Waals surface area contributed by atoms with Crippen molar-refractivity contribution in [2.45, 2.75) is 0 Å². The average Bonchev–Trinajstić information content (AvgIpc) is 3.14. The van der Waals surface area contributed by atoms with Crippen molar-refractivity contribution in [1.82, 2.24) is 0 Å². The average molecular weight is 410 g/mol. The van der Waals surface area contributed by atoms with E-state index in [1.807, 2.05) is 42.5 Å². The highest BCUT2D eigenvalue weighted by atomic mass is 79.9. The van der Waals surface area contributed by atoms with Crippen LogP contribution in [0.1, 0.15) is 11.3 Å². The van der Waals surface area contributed by atoms with Gasteiger partial charge in [0.25, 0.3) is 0 Å². The van der Waals surface area contributed by atoms with Gasteiger partial charge in [-0.3, -0.25) is 0 Å². The Balaban J connectivity index is 1.96. The molecular weight excluding hydrogens is 394 g/mol. The van der Waals surface area contributed by atoms with Crippen LogP contribution in [-0.4, -0.2) is 14.2 Å². The normalized spacial score (nSPS) is 11.1. The molecule has 130 valence electrons. The number of furan rings is 1. The van der Waals surface area contributed by atoms with Gasteiger partial charge in [-0.1, -0.05) is 34.1 Å². The van der Waals surface area contributed by atoms with Gasteiger partial charge in [-0.15, -0.1) is 0 Å². The van der Waals surface area contributed by atoms with Gasteiger partial charge in [0.15, 0.2) is 11.5 Å². The first-order valence-electron chi connectivity index (χ1n) is 7.85. The molecule has 0 saturated heterocycles. The molecule has 0 amide bonds. The highest BCUT2D eigenvalue weighted by Crippen LogP contribution is 2.33. The molecule has 0 aliphatic rings. The summed E-state index contributed by atoms with van der Waals surface area (Å²) >= 11 is 3.52. The van der Waals surface area contributed by atoms with Crippen molar-refractivity contribution >= 4 is 27.6 Å². The van der Waals surface area contributed by atoms with E-state index < -0.39 is 0 Å². The minimum absolute atomic E-state index is 0.471. The summed E-state index contributed by atoms with van der Waals surface area (Å²) in [6, 6.07) is 19.1. The lowest BCUT2D eigenvalue weighted by Gasteiger charge is -2.08. The molecule has 4 nitrogen and oxygen atoms in total. The Morgan fingerprint density at radius 2 is 1.81 bits per heavy atom. The summed E-state index contributed by atoms with van der Waals surface area (Å²) in [5, 5.41) is 9.56. The fraction of sp³-hybridized carbons (Fsp3) is 0.0952. The second kappa shape index (κ2) is 7.94. The fourth-order valence-corrected chi connectivity index (χ4v) is 3.04. The quantitative estimate of drug-likeness (QED) is 0.500. The van der Waals surface area contributed by atoms with Crippen LogP contribution in [-0.2, 0) is 0 Å². The molecule has 0 aliphatic carbocycles. The zero-order valence-corrected chi connectivity index (χ0v) is 15.9. The summed E-state index contributed by atoms with van der Waals surface area (Å²) in [6.45, 7) is 0. The second-order valence-electron chi connectivity index (χ2n) is 5.42. The van der Waals surface area contributed by atoms with Gasteiger partial charge in [0.1, 0.15) is 11.5 Å². The third kappa shape index (κ3) is 3.66. The lowest BCUT2D eigenvalue weighted by Crippen LogP contribution is -1.92. The Hall–Kier alpha value is -2.97. The first kappa shape index (κ1) is 17.8. The third-order valence-electron chi connectivity index (χ3n) is 3.87. The number of ether oxygens (including phenoxy) is 2. The zero-order chi connectivity index (χ0) is 18.5. The van der Waals surface area contributed by atoms with Gasteiger partial charge in [-0.05, 0) is 48.0 Å². The van der Waals surface area contributed by atoms with Crippen LogP contribution < -0.4 is 9.47 Å². The van der Waals surface area contributed by atoms with Crippen molar-refractivity contribution in [3.63, 3.8) is 0 Å². The molecule has 2 aromatic carbocycles. The van der Waals surface area contributed by atoms with E-state index in [0.717, 1.165) is 21.4 Å². The van der Waals surface area contributed by atoms with Crippen LogP contribution in [0.3, 0.4) is 0 Å². The molecule has 3 rings (SSSR count). The maximum absolute atomic E-state index is 9.56. The van der Waals surface area contributed by atoms with E-state index >= 15 is 0 Å². The smallest absolute Gasteiger partial charge is 0.161 e. The SMILES string of the molecule is COc1ccc(C(C#N)=Cc2ccc(-c3ccccc3Br)o2)cc1OC. The van der Waals surface area contributed by atoms with Gasteiger partial charge in [-0.2, -0.15) is 5.26 Å². The molecule has 0 fully saturated rings. The van der Waals surface area contributed by atoms with Crippen molar-refractivity contribution < 1.29 is 13.9 Å². The van der Waals surface area contributed by atoms with E-state index in [1.165, 1.54) is 0 Å². The van der Waals surface area contributed by atoms with Crippen molar-refractivity contribution in [1.29, 1.82) is 5.26 Å². The van der Waals surface area contributed by atoms with Gasteiger partial charge in [0, 0.05) is 10.0 Å². The van der Waals surface area contributed by atoms with E-state index in [2.05, 4.69) is 22.0 Å². The monoisotopic (exact) mass is 409 g/mol. The van der Waals surface area contributed by atoms with Crippen LogP contribution in [0.15, 0.2) is 63.5 Å². The van der Waals surface area contributed by atoms with Crippen molar-refractivity contribution in [3.8, 4) is 28.9 Å². The molecule has 1 heterocycles.